The number of carbonyl (C=O) groups is 1. The predicted molar refractivity (Wildman–Crippen MR) is 75.3 cm³/mol. The molecule has 1 aliphatic rings. The van der Waals surface area contributed by atoms with Crippen molar-refractivity contribution in [3.63, 3.8) is 0 Å². The second-order valence-corrected chi connectivity index (χ2v) is 6.81. The summed E-state index contributed by atoms with van der Waals surface area (Å²) in [6.45, 7) is 1.47. The standard InChI is InChI=1S/C14H17NO3S/c1-10(16)11-7-8-14(19(2,17)18)13(9-11)15-12-5-3-4-6-12/h3-4,7-9,12,15H,5-6H2,1-2H3. The average molecular weight is 279 g/mol. The van der Waals surface area contributed by atoms with E-state index < -0.39 is 9.84 Å². The number of hydrogen-bond donors (Lipinski definition) is 1. The number of hydrogen-bond acceptors (Lipinski definition) is 4. The van der Waals surface area contributed by atoms with Crippen LogP contribution in [0.2, 0.25) is 0 Å². The molecule has 0 aromatic heterocycles. The van der Waals surface area contributed by atoms with Gasteiger partial charge in [-0.2, -0.15) is 0 Å². The maximum Gasteiger partial charge on any atom is 0.177 e. The molecule has 0 saturated carbocycles. The zero-order valence-corrected chi connectivity index (χ0v) is 11.8. The summed E-state index contributed by atoms with van der Waals surface area (Å²) in [4.78, 5) is 11.6. The van der Waals surface area contributed by atoms with Crippen molar-refractivity contribution in [2.24, 2.45) is 0 Å². The van der Waals surface area contributed by atoms with Gasteiger partial charge in [-0.25, -0.2) is 8.42 Å². The number of ketones is 1. The molecule has 0 radical (unpaired) electrons. The minimum atomic E-state index is -3.31. The molecule has 5 heteroatoms. The molecular formula is C14H17NO3S. The van der Waals surface area contributed by atoms with Gasteiger partial charge in [-0.1, -0.05) is 12.2 Å². The van der Waals surface area contributed by atoms with E-state index in [1.54, 1.807) is 12.1 Å². The van der Waals surface area contributed by atoms with Crippen LogP contribution in [0.5, 0.6) is 0 Å². The molecule has 102 valence electrons. The first kappa shape index (κ1) is 13.8. The number of anilines is 1. The third-order valence-corrected chi connectivity index (χ3v) is 4.31. The second kappa shape index (κ2) is 5.17. The Hall–Kier alpha value is -1.62. The van der Waals surface area contributed by atoms with Gasteiger partial charge in [0.2, 0.25) is 0 Å². The average Bonchev–Trinajstić information content (AvgIpc) is 2.80. The number of rotatable bonds is 4. The normalized spacial score (nSPS) is 15.7. The van der Waals surface area contributed by atoms with E-state index in [1.165, 1.54) is 19.2 Å². The highest BCUT2D eigenvalue weighted by Gasteiger charge is 2.18. The van der Waals surface area contributed by atoms with Crippen LogP contribution in [0.4, 0.5) is 5.69 Å². The monoisotopic (exact) mass is 279 g/mol. The van der Waals surface area contributed by atoms with Crippen LogP contribution in [0.15, 0.2) is 35.2 Å². The van der Waals surface area contributed by atoms with Crippen molar-refractivity contribution in [2.45, 2.75) is 30.7 Å². The van der Waals surface area contributed by atoms with Crippen LogP contribution in [0.25, 0.3) is 0 Å². The van der Waals surface area contributed by atoms with Crippen molar-refractivity contribution in [2.75, 3.05) is 11.6 Å². The maximum absolute atomic E-state index is 11.8. The molecule has 0 atom stereocenters. The third-order valence-electron chi connectivity index (χ3n) is 3.15. The van der Waals surface area contributed by atoms with Crippen LogP contribution in [0, 0.1) is 0 Å². The van der Waals surface area contributed by atoms with E-state index in [4.69, 9.17) is 0 Å². The fourth-order valence-electron chi connectivity index (χ4n) is 2.14. The van der Waals surface area contributed by atoms with Gasteiger partial charge in [0.25, 0.3) is 0 Å². The Balaban J connectivity index is 2.40. The van der Waals surface area contributed by atoms with Gasteiger partial charge in [0.1, 0.15) is 0 Å². The largest absolute Gasteiger partial charge is 0.381 e. The van der Waals surface area contributed by atoms with Gasteiger partial charge in [0, 0.05) is 17.9 Å². The molecule has 1 N–H and O–H groups in total. The molecule has 0 bridgehead atoms. The highest BCUT2D eigenvalue weighted by Crippen LogP contribution is 2.26. The molecule has 4 nitrogen and oxygen atoms in total. The molecule has 0 amide bonds. The topological polar surface area (TPSA) is 63.2 Å². The number of benzene rings is 1. The van der Waals surface area contributed by atoms with Gasteiger partial charge < -0.3 is 5.32 Å². The summed E-state index contributed by atoms with van der Waals surface area (Å²) >= 11 is 0. The lowest BCUT2D eigenvalue weighted by atomic mass is 10.1. The van der Waals surface area contributed by atoms with Crippen molar-refractivity contribution >= 4 is 21.3 Å². The van der Waals surface area contributed by atoms with Crippen molar-refractivity contribution in [1.82, 2.24) is 0 Å². The summed E-state index contributed by atoms with van der Waals surface area (Å²) in [7, 11) is -3.31. The van der Waals surface area contributed by atoms with Crippen molar-refractivity contribution in [1.29, 1.82) is 0 Å². The fraction of sp³-hybridized carbons (Fsp3) is 0.357. The summed E-state index contributed by atoms with van der Waals surface area (Å²) < 4.78 is 23.5. The van der Waals surface area contributed by atoms with E-state index in [0.29, 0.717) is 11.3 Å². The van der Waals surface area contributed by atoms with E-state index in [1.807, 2.05) is 0 Å². The molecule has 0 heterocycles. The summed E-state index contributed by atoms with van der Waals surface area (Å²) in [5.74, 6) is -0.0763. The van der Waals surface area contributed by atoms with E-state index in [-0.39, 0.29) is 16.7 Å². The van der Waals surface area contributed by atoms with E-state index >= 15 is 0 Å². The number of nitrogens with one attached hydrogen (secondary N) is 1. The summed E-state index contributed by atoms with van der Waals surface area (Å²) in [6, 6.07) is 4.87. The summed E-state index contributed by atoms with van der Waals surface area (Å²) in [6.07, 6.45) is 7.04. The molecule has 1 aromatic rings. The summed E-state index contributed by atoms with van der Waals surface area (Å²) in [5, 5.41) is 3.22. The van der Waals surface area contributed by atoms with Gasteiger partial charge in [0.15, 0.2) is 15.6 Å². The van der Waals surface area contributed by atoms with Gasteiger partial charge in [-0.05, 0) is 38.0 Å². The SMILES string of the molecule is CC(=O)c1ccc(S(C)(=O)=O)c(NC2CC=CC2)c1. The lowest BCUT2D eigenvalue weighted by Crippen LogP contribution is -2.17. The first-order valence-electron chi connectivity index (χ1n) is 6.14. The molecule has 0 unspecified atom stereocenters. The zero-order valence-electron chi connectivity index (χ0n) is 11.0. The van der Waals surface area contributed by atoms with Crippen LogP contribution in [-0.4, -0.2) is 26.5 Å². The van der Waals surface area contributed by atoms with Crippen LogP contribution >= 0.6 is 0 Å². The molecular weight excluding hydrogens is 262 g/mol. The summed E-state index contributed by atoms with van der Waals surface area (Å²) in [5.41, 5.74) is 1.03. The quantitative estimate of drug-likeness (QED) is 0.679. The Labute approximate surface area is 113 Å². The van der Waals surface area contributed by atoms with E-state index in [9.17, 15) is 13.2 Å². The Morgan fingerprint density at radius 2 is 1.89 bits per heavy atom. The van der Waals surface area contributed by atoms with Crippen LogP contribution in [-0.2, 0) is 9.84 Å². The van der Waals surface area contributed by atoms with Crippen molar-refractivity contribution in [3.8, 4) is 0 Å². The minimum absolute atomic E-state index is 0.0763. The Morgan fingerprint density at radius 1 is 1.26 bits per heavy atom. The van der Waals surface area contributed by atoms with Crippen LogP contribution in [0.1, 0.15) is 30.1 Å². The molecule has 0 fully saturated rings. The molecule has 0 aliphatic heterocycles. The van der Waals surface area contributed by atoms with Gasteiger partial charge >= 0.3 is 0 Å². The zero-order chi connectivity index (χ0) is 14.0. The van der Waals surface area contributed by atoms with E-state index in [2.05, 4.69) is 17.5 Å². The Kier molecular flexibility index (Phi) is 3.75. The molecule has 0 saturated heterocycles. The number of Topliss-reactive ketones (excluding diaryl/α,β-unsaturated/α-hetero) is 1. The van der Waals surface area contributed by atoms with Crippen LogP contribution < -0.4 is 5.32 Å². The highest BCUT2D eigenvalue weighted by molar-refractivity contribution is 7.90. The van der Waals surface area contributed by atoms with Crippen LogP contribution in [0.3, 0.4) is 0 Å². The molecule has 0 spiro atoms. The Morgan fingerprint density at radius 3 is 2.42 bits per heavy atom. The number of carbonyl (C=O) groups excluding carboxylic acids is 1. The minimum Gasteiger partial charge on any atom is -0.381 e. The molecule has 1 aliphatic carbocycles. The maximum atomic E-state index is 11.8. The Bertz CT molecular complexity index is 624. The third kappa shape index (κ3) is 3.23. The molecule has 2 rings (SSSR count). The second-order valence-electron chi connectivity index (χ2n) is 4.82. The first-order valence-corrected chi connectivity index (χ1v) is 8.03. The molecule has 19 heavy (non-hydrogen) atoms. The van der Waals surface area contributed by atoms with Gasteiger partial charge in [-0.15, -0.1) is 0 Å². The van der Waals surface area contributed by atoms with E-state index in [0.717, 1.165) is 12.8 Å². The number of sulfone groups is 1. The lowest BCUT2D eigenvalue weighted by molar-refractivity contribution is 0.101. The first-order chi connectivity index (χ1) is 8.88. The smallest absolute Gasteiger partial charge is 0.177 e. The highest BCUT2D eigenvalue weighted by atomic mass is 32.2. The fourth-order valence-corrected chi connectivity index (χ4v) is 2.97. The predicted octanol–water partition coefficient (Wildman–Crippen LogP) is 2.42. The van der Waals surface area contributed by atoms with Crippen molar-refractivity contribution < 1.29 is 13.2 Å². The van der Waals surface area contributed by atoms with Crippen molar-refractivity contribution in [3.05, 3.63) is 35.9 Å². The van der Waals surface area contributed by atoms with Gasteiger partial charge in [-0.3, -0.25) is 4.79 Å². The molecule has 1 aromatic carbocycles. The van der Waals surface area contributed by atoms with Gasteiger partial charge in [0.05, 0.1) is 10.6 Å². The lowest BCUT2D eigenvalue weighted by Gasteiger charge is -2.17.